The molecule has 0 aromatic heterocycles. The van der Waals surface area contributed by atoms with Gasteiger partial charge in [-0.15, -0.1) is 0 Å². The molecule has 6 nitrogen and oxygen atoms in total. The van der Waals surface area contributed by atoms with Gasteiger partial charge in [0.05, 0.1) is 19.8 Å². The second kappa shape index (κ2) is 9.34. The highest BCUT2D eigenvalue weighted by Gasteiger charge is 2.22. The molecule has 7 heteroatoms. The molecular formula is C17H24FNO5. The molecule has 1 rings (SSSR count). The number of rotatable bonds is 10. The molecule has 0 aliphatic rings. The fourth-order valence-corrected chi connectivity index (χ4v) is 2.01. The fourth-order valence-electron chi connectivity index (χ4n) is 2.01. The average Bonchev–Trinajstić information content (AvgIpc) is 2.51. The minimum atomic E-state index is -0.922. The summed E-state index contributed by atoms with van der Waals surface area (Å²) >= 11 is 0. The molecule has 0 unspecified atom stereocenters. The second-order valence-corrected chi connectivity index (χ2v) is 6.08. The monoisotopic (exact) mass is 341 g/mol. The van der Waals surface area contributed by atoms with Gasteiger partial charge in [0.2, 0.25) is 0 Å². The number of amides is 1. The quantitative estimate of drug-likeness (QED) is 0.638. The summed E-state index contributed by atoms with van der Waals surface area (Å²) in [6.07, 6.45) is 0.248. The summed E-state index contributed by atoms with van der Waals surface area (Å²) in [5.41, 5.74) is -0.105. The van der Waals surface area contributed by atoms with Crippen LogP contribution in [0.4, 0.5) is 4.39 Å². The van der Waals surface area contributed by atoms with Gasteiger partial charge in [-0.25, -0.2) is 4.39 Å². The first-order valence-electron chi connectivity index (χ1n) is 7.64. The molecule has 0 aliphatic carbocycles. The lowest BCUT2D eigenvalue weighted by Gasteiger charge is -2.25. The number of nitrogens with one attached hydrogen (secondary N) is 1. The first kappa shape index (κ1) is 20.1. The van der Waals surface area contributed by atoms with E-state index in [2.05, 4.69) is 5.32 Å². The molecule has 0 fully saturated rings. The number of halogens is 1. The third kappa shape index (κ3) is 7.06. The lowest BCUT2D eigenvalue weighted by molar-refractivity contribution is -0.137. The van der Waals surface area contributed by atoms with E-state index in [1.54, 1.807) is 21.0 Å². The van der Waals surface area contributed by atoms with Gasteiger partial charge in [0.15, 0.2) is 0 Å². The molecule has 1 amide bonds. The number of hydrogen-bond donors (Lipinski definition) is 2. The Morgan fingerprint density at radius 3 is 2.62 bits per heavy atom. The predicted molar refractivity (Wildman–Crippen MR) is 86.3 cm³/mol. The molecule has 134 valence electrons. The van der Waals surface area contributed by atoms with Gasteiger partial charge in [0.25, 0.3) is 5.91 Å². The van der Waals surface area contributed by atoms with Gasteiger partial charge in [0, 0.05) is 30.2 Å². The zero-order chi connectivity index (χ0) is 18.2. The van der Waals surface area contributed by atoms with Crippen molar-refractivity contribution in [3.05, 3.63) is 35.1 Å². The number of carboxylic acid groups (broad SMARTS) is 1. The highest BCUT2D eigenvalue weighted by atomic mass is 19.1. The van der Waals surface area contributed by atoms with E-state index in [4.69, 9.17) is 14.6 Å². The van der Waals surface area contributed by atoms with E-state index in [-0.39, 0.29) is 24.5 Å². The van der Waals surface area contributed by atoms with Gasteiger partial charge in [-0.3, -0.25) is 9.59 Å². The van der Waals surface area contributed by atoms with Crippen LogP contribution in [0.5, 0.6) is 0 Å². The van der Waals surface area contributed by atoms with Crippen LogP contribution >= 0.6 is 0 Å². The van der Waals surface area contributed by atoms with Crippen LogP contribution in [0.1, 0.15) is 42.6 Å². The molecule has 0 atom stereocenters. The number of carbonyl (C=O) groups is 2. The molecule has 0 saturated carbocycles. The van der Waals surface area contributed by atoms with Crippen molar-refractivity contribution in [3.8, 4) is 0 Å². The number of carboxylic acids is 1. The maximum Gasteiger partial charge on any atom is 0.303 e. The normalized spacial score (nSPS) is 11.3. The van der Waals surface area contributed by atoms with Crippen LogP contribution in [-0.4, -0.2) is 42.8 Å². The van der Waals surface area contributed by atoms with Crippen LogP contribution in [0.25, 0.3) is 0 Å². The SMILES string of the molecule is COCCOCc1cc(C(=O)NC(C)(C)CCC(=O)O)ccc1F. The van der Waals surface area contributed by atoms with Crippen LogP contribution in [0.15, 0.2) is 18.2 Å². The van der Waals surface area contributed by atoms with Crippen molar-refractivity contribution in [2.24, 2.45) is 0 Å². The molecule has 1 aromatic carbocycles. The third-order valence-corrected chi connectivity index (χ3v) is 3.41. The van der Waals surface area contributed by atoms with Gasteiger partial charge in [-0.05, 0) is 38.5 Å². The maximum atomic E-state index is 13.8. The lowest BCUT2D eigenvalue weighted by Crippen LogP contribution is -2.43. The van der Waals surface area contributed by atoms with Crippen LogP contribution in [0.2, 0.25) is 0 Å². The Kier molecular flexibility index (Phi) is 7.81. The zero-order valence-corrected chi connectivity index (χ0v) is 14.2. The van der Waals surface area contributed by atoms with E-state index >= 15 is 0 Å². The van der Waals surface area contributed by atoms with Crippen molar-refractivity contribution in [3.63, 3.8) is 0 Å². The van der Waals surface area contributed by atoms with Gasteiger partial charge in [-0.2, -0.15) is 0 Å². The summed E-state index contributed by atoms with van der Waals surface area (Å²) in [6.45, 7) is 4.26. The Morgan fingerprint density at radius 2 is 2.00 bits per heavy atom. The van der Waals surface area contributed by atoms with Crippen molar-refractivity contribution in [1.82, 2.24) is 5.32 Å². The van der Waals surface area contributed by atoms with E-state index < -0.39 is 17.3 Å². The number of aliphatic carboxylic acids is 1. The van der Waals surface area contributed by atoms with Crippen molar-refractivity contribution in [2.75, 3.05) is 20.3 Å². The van der Waals surface area contributed by atoms with Gasteiger partial charge in [0.1, 0.15) is 5.82 Å². The summed E-state index contributed by atoms with van der Waals surface area (Å²) in [5, 5.41) is 11.5. The van der Waals surface area contributed by atoms with Crippen molar-refractivity contribution in [2.45, 2.75) is 38.8 Å². The van der Waals surface area contributed by atoms with E-state index in [0.717, 1.165) is 0 Å². The predicted octanol–water partition coefficient (Wildman–Crippen LogP) is 2.36. The molecule has 1 aromatic rings. The van der Waals surface area contributed by atoms with Gasteiger partial charge in [-0.1, -0.05) is 0 Å². The molecular weight excluding hydrogens is 317 g/mol. The highest BCUT2D eigenvalue weighted by Crippen LogP contribution is 2.15. The lowest BCUT2D eigenvalue weighted by atomic mass is 9.97. The smallest absolute Gasteiger partial charge is 0.303 e. The Balaban J connectivity index is 2.71. The minimum Gasteiger partial charge on any atom is -0.481 e. The Bertz CT molecular complexity index is 574. The summed E-state index contributed by atoms with van der Waals surface area (Å²) in [6, 6.07) is 4.04. The molecule has 0 radical (unpaired) electrons. The molecule has 0 heterocycles. The summed E-state index contributed by atoms with van der Waals surface area (Å²) in [7, 11) is 1.54. The van der Waals surface area contributed by atoms with Crippen LogP contribution < -0.4 is 5.32 Å². The zero-order valence-electron chi connectivity index (χ0n) is 14.2. The Labute approximate surface area is 141 Å². The second-order valence-electron chi connectivity index (χ2n) is 6.08. The largest absolute Gasteiger partial charge is 0.481 e. The van der Waals surface area contributed by atoms with Gasteiger partial charge < -0.3 is 19.9 Å². The van der Waals surface area contributed by atoms with E-state index in [0.29, 0.717) is 25.2 Å². The Morgan fingerprint density at radius 1 is 1.29 bits per heavy atom. The minimum absolute atomic E-state index is 0.0404. The number of methoxy groups -OCH3 is 1. The van der Waals surface area contributed by atoms with E-state index in [9.17, 15) is 14.0 Å². The summed E-state index contributed by atoms with van der Waals surface area (Å²) in [4.78, 5) is 23.0. The van der Waals surface area contributed by atoms with Crippen LogP contribution in [0.3, 0.4) is 0 Å². The number of ether oxygens (including phenoxy) is 2. The van der Waals surface area contributed by atoms with E-state index in [1.807, 2.05) is 0 Å². The number of benzene rings is 1. The van der Waals surface area contributed by atoms with Crippen molar-refractivity contribution < 1.29 is 28.6 Å². The summed E-state index contributed by atoms with van der Waals surface area (Å²) in [5.74, 6) is -1.76. The summed E-state index contributed by atoms with van der Waals surface area (Å²) < 4.78 is 23.9. The molecule has 2 N–H and O–H groups in total. The Hall–Kier alpha value is -1.99. The molecule has 0 spiro atoms. The standard InChI is InChI=1S/C17H24FNO5/c1-17(2,7-6-15(20)21)19-16(22)12-4-5-14(18)13(10-12)11-24-9-8-23-3/h4-5,10H,6-9,11H2,1-3H3,(H,19,22)(H,20,21). The van der Waals surface area contributed by atoms with E-state index in [1.165, 1.54) is 18.2 Å². The average molecular weight is 341 g/mol. The molecule has 0 saturated heterocycles. The molecule has 24 heavy (non-hydrogen) atoms. The molecule has 0 bridgehead atoms. The number of carbonyl (C=O) groups excluding carboxylic acids is 1. The first-order valence-corrected chi connectivity index (χ1v) is 7.64. The fraction of sp³-hybridized carbons (Fsp3) is 0.529. The topological polar surface area (TPSA) is 84.9 Å². The van der Waals surface area contributed by atoms with Crippen molar-refractivity contribution in [1.29, 1.82) is 0 Å². The third-order valence-electron chi connectivity index (χ3n) is 3.41. The maximum absolute atomic E-state index is 13.8. The molecule has 0 aliphatic heterocycles. The van der Waals surface area contributed by atoms with Crippen molar-refractivity contribution >= 4 is 11.9 Å². The first-order chi connectivity index (χ1) is 11.2. The van der Waals surface area contributed by atoms with Crippen LogP contribution in [-0.2, 0) is 20.9 Å². The highest BCUT2D eigenvalue weighted by molar-refractivity contribution is 5.94. The van der Waals surface area contributed by atoms with Gasteiger partial charge >= 0.3 is 5.97 Å². The van der Waals surface area contributed by atoms with Crippen LogP contribution in [0, 0.1) is 5.82 Å². The number of hydrogen-bond acceptors (Lipinski definition) is 4.